The molecule has 0 aliphatic heterocycles. The van der Waals surface area contributed by atoms with E-state index >= 15 is 0 Å². The van der Waals surface area contributed by atoms with E-state index in [0.717, 1.165) is 18.5 Å². The molecule has 0 spiro atoms. The number of hydrogen-bond donors (Lipinski definition) is 2. The van der Waals surface area contributed by atoms with Crippen LogP contribution in [0.2, 0.25) is 0 Å². The van der Waals surface area contributed by atoms with Crippen LogP contribution in [0.1, 0.15) is 40.8 Å². The molecule has 2 heterocycles. The fourth-order valence-corrected chi connectivity index (χ4v) is 1.54. The highest BCUT2D eigenvalue weighted by molar-refractivity contribution is 5.86. The maximum atomic E-state index is 11.6. The zero-order chi connectivity index (χ0) is 12.5. The molecular formula is C10H10N4O4. The molecule has 8 heteroatoms. The van der Waals surface area contributed by atoms with Gasteiger partial charge in [-0.1, -0.05) is 5.16 Å². The van der Waals surface area contributed by atoms with Crippen molar-refractivity contribution in [1.29, 1.82) is 0 Å². The topological polar surface area (TPSA) is 114 Å². The molecule has 1 saturated carbocycles. The molecule has 2 aromatic rings. The van der Waals surface area contributed by atoms with Gasteiger partial charge in [0.05, 0.1) is 5.69 Å². The highest BCUT2D eigenvalue weighted by atomic mass is 16.6. The Balaban J connectivity index is 1.61. The summed E-state index contributed by atoms with van der Waals surface area (Å²) in [5.74, 6) is 0.0984. The van der Waals surface area contributed by atoms with Crippen LogP contribution in [0.3, 0.4) is 0 Å². The summed E-state index contributed by atoms with van der Waals surface area (Å²) in [6.45, 7) is -0.128. The van der Waals surface area contributed by atoms with Crippen molar-refractivity contribution in [1.82, 2.24) is 20.3 Å². The number of aromatic amines is 2. The number of nitrogens with zero attached hydrogens (tertiary/aromatic N) is 2. The molecule has 3 rings (SSSR count). The Bertz CT molecular complexity index is 622. The molecule has 1 aliphatic carbocycles. The molecule has 18 heavy (non-hydrogen) atoms. The van der Waals surface area contributed by atoms with Gasteiger partial charge in [-0.3, -0.25) is 4.98 Å². The third kappa shape index (κ3) is 2.17. The minimum Gasteiger partial charge on any atom is -0.452 e. The van der Waals surface area contributed by atoms with Crippen LogP contribution in [0.15, 0.2) is 15.4 Å². The maximum Gasteiger partial charge on any atom is 0.377 e. The third-order valence-electron chi connectivity index (χ3n) is 2.62. The van der Waals surface area contributed by atoms with Crippen molar-refractivity contribution >= 4 is 5.97 Å². The second-order valence-corrected chi connectivity index (χ2v) is 4.09. The van der Waals surface area contributed by atoms with Crippen LogP contribution >= 0.6 is 0 Å². The first-order valence-electron chi connectivity index (χ1n) is 5.49. The van der Waals surface area contributed by atoms with Gasteiger partial charge >= 0.3 is 11.7 Å². The minimum absolute atomic E-state index is 0.0646. The maximum absolute atomic E-state index is 11.6. The van der Waals surface area contributed by atoms with Gasteiger partial charge in [-0.2, -0.15) is 5.10 Å². The molecule has 2 aromatic heterocycles. The van der Waals surface area contributed by atoms with Gasteiger partial charge < -0.3 is 9.26 Å². The number of carbonyl (C=O) groups is 1. The van der Waals surface area contributed by atoms with E-state index in [9.17, 15) is 9.59 Å². The summed E-state index contributed by atoms with van der Waals surface area (Å²) in [4.78, 5) is 24.7. The van der Waals surface area contributed by atoms with Crippen LogP contribution in [0, 0.1) is 0 Å². The van der Waals surface area contributed by atoms with Gasteiger partial charge in [0.25, 0.3) is 0 Å². The smallest absolute Gasteiger partial charge is 0.377 e. The third-order valence-corrected chi connectivity index (χ3v) is 2.62. The first kappa shape index (κ1) is 10.8. The monoisotopic (exact) mass is 250 g/mol. The fraction of sp³-hybridized carbons (Fsp3) is 0.400. The Kier molecular flexibility index (Phi) is 2.47. The molecule has 1 aliphatic rings. The average Bonchev–Trinajstić information content (AvgIpc) is 2.94. The number of esters is 1. The van der Waals surface area contributed by atoms with Gasteiger partial charge in [0.2, 0.25) is 5.76 Å². The highest BCUT2D eigenvalue weighted by Gasteiger charge is 2.28. The summed E-state index contributed by atoms with van der Waals surface area (Å²) in [6.07, 6.45) is 2.16. The van der Waals surface area contributed by atoms with Crippen molar-refractivity contribution < 1.29 is 14.1 Å². The van der Waals surface area contributed by atoms with Crippen LogP contribution in [0.5, 0.6) is 0 Å². The van der Waals surface area contributed by atoms with Crippen LogP contribution < -0.4 is 5.69 Å². The van der Waals surface area contributed by atoms with E-state index in [4.69, 9.17) is 9.26 Å². The lowest BCUT2D eigenvalue weighted by Gasteiger charge is -1.97. The van der Waals surface area contributed by atoms with Crippen molar-refractivity contribution in [2.45, 2.75) is 25.4 Å². The Hall–Kier alpha value is -2.38. The van der Waals surface area contributed by atoms with Crippen molar-refractivity contribution in [3.05, 3.63) is 33.8 Å². The molecule has 0 bridgehead atoms. The largest absolute Gasteiger partial charge is 0.452 e. The Morgan fingerprint density at radius 1 is 1.56 bits per heavy atom. The first-order chi connectivity index (χ1) is 8.72. The number of carbonyl (C=O) groups excluding carboxylic acids is 1. The van der Waals surface area contributed by atoms with Gasteiger partial charge in [0.1, 0.15) is 0 Å². The van der Waals surface area contributed by atoms with Gasteiger partial charge in [0.15, 0.2) is 12.4 Å². The summed E-state index contributed by atoms with van der Waals surface area (Å²) in [5.41, 5.74) is 0.340. The number of aromatic nitrogens is 4. The number of hydrogen-bond acceptors (Lipinski definition) is 6. The van der Waals surface area contributed by atoms with E-state index in [2.05, 4.69) is 20.3 Å². The van der Waals surface area contributed by atoms with Crippen LogP contribution in [0.25, 0.3) is 0 Å². The van der Waals surface area contributed by atoms with Gasteiger partial charge in [0, 0.05) is 12.0 Å². The zero-order valence-corrected chi connectivity index (χ0v) is 9.30. The molecule has 94 valence electrons. The van der Waals surface area contributed by atoms with E-state index in [1.807, 2.05) is 0 Å². The van der Waals surface area contributed by atoms with Gasteiger partial charge in [-0.25, -0.2) is 14.7 Å². The van der Waals surface area contributed by atoms with Gasteiger partial charge in [-0.15, -0.1) is 0 Å². The van der Waals surface area contributed by atoms with E-state index in [0.29, 0.717) is 5.92 Å². The second kappa shape index (κ2) is 4.13. The minimum atomic E-state index is -0.627. The fourth-order valence-electron chi connectivity index (χ4n) is 1.54. The predicted octanol–water partition coefficient (Wildman–Crippen LogP) is 0.320. The standard InChI is InChI=1S/C10H10N4O4/c15-9(17-4-8-11-10(16)13-12-8)7-3-6(14-18-7)5-1-2-5/h3,5H,1-2,4H2,(H2,11,12,13,16). The number of rotatable bonds is 4. The summed E-state index contributed by atoms with van der Waals surface area (Å²) in [6, 6.07) is 1.59. The van der Waals surface area contributed by atoms with Gasteiger partial charge in [-0.05, 0) is 12.8 Å². The first-order valence-corrected chi connectivity index (χ1v) is 5.49. The molecule has 0 amide bonds. The predicted molar refractivity (Wildman–Crippen MR) is 56.8 cm³/mol. The molecule has 0 atom stereocenters. The Morgan fingerprint density at radius 3 is 3.06 bits per heavy atom. The number of ether oxygens (including phenoxy) is 1. The Labute approximate surface area is 100 Å². The lowest BCUT2D eigenvalue weighted by Crippen LogP contribution is -2.06. The van der Waals surface area contributed by atoms with Crippen molar-refractivity contribution in [2.75, 3.05) is 0 Å². The van der Waals surface area contributed by atoms with E-state index < -0.39 is 11.7 Å². The van der Waals surface area contributed by atoms with Crippen LogP contribution in [-0.2, 0) is 11.3 Å². The van der Waals surface area contributed by atoms with Crippen molar-refractivity contribution in [3.63, 3.8) is 0 Å². The summed E-state index contributed by atoms with van der Waals surface area (Å²) in [5, 5.41) is 9.58. The molecule has 0 aromatic carbocycles. The number of H-pyrrole nitrogens is 2. The lowest BCUT2D eigenvalue weighted by molar-refractivity contribution is 0.0415. The van der Waals surface area contributed by atoms with Crippen molar-refractivity contribution in [3.8, 4) is 0 Å². The summed E-state index contributed by atoms with van der Waals surface area (Å²) in [7, 11) is 0. The lowest BCUT2D eigenvalue weighted by atomic mass is 10.3. The molecule has 8 nitrogen and oxygen atoms in total. The van der Waals surface area contributed by atoms with Crippen molar-refractivity contribution in [2.24, 2.45) is 0 Å². The second-order valence-electron chi connectivity index (χ2n) is 4.09. The molecule has 1 fully saturated rings. The summed E-state index contributed by atoms with van der Waals surface area (Å²) >= 11 is 0. The zero-order valence-electron chi connectivity index (χ0n) is 9.30. The van der Waals surface area contributed by atoms with E-state index in [1.54, 1.807) is 6.07 Å². The molecule has 0 unspecified atom stereocenters. The molecule has 0 saturated heterocycles. The van der Waals surface area contributed by atoms with Crippen LogP contribution in [-0.4, -0.2) is 26.3 Å². The van der Waals surface area contributed by atoms with Crippen LogP contribution in [0.4, 0.5) is 0 Å². The molecule has 0 radical (unpaired) electrons. The normalized spacial score (nSPS) is 14.7. The number of nitrogens with one attached hydrogen (secondary N) is 2. The van der Waals surface area contributed by atoms with E-state index in [-0.39, 0.29) is 18.2 Å². The average molecular weight is 250 g/mol. The SMILES string of the molecule is O=C(OCc1n[nH]c(=O)[nH]1)c1cc(C2CC2)no1. The van der Waals surface area contributed by atoms with E-state index in [1.165, 1.54) is 0 Å². The quantitative estimate of drug-likeness (QED) is 0.755. The molecule has 2 N–H and O–H groups in total. The Morgan fingerprint density at radius 2 is 2.39 bits per heavy atom. The molecular weight excluding hydrogens is 240 g/mol. The highest BCUT2D eigenvalue weighted by Crippen LogP contribution is 2.39. The summed E-state index contributed by atoms with van der Waals surface area (Å²) < 4.78 is 9.81.